The molecule has 0 fully saturated rings. The first-order valence-electron chi connectivity index (χ1n) is 6.20. The monoisotopic (exact) mass is 310 g/mol. The standard InChI is InChI=1S/C12H13FN2O.C2H2O4/c1-10(15-7-6-14-9-15)16-8-11-2-4-12(13)5-3-11;3-1(4)2(5)6/h2-7,9-10H,8H2,1H3;(H,3,4)(H,5,6). The summed E-state index contributed by atoms with van der Waals surface area (Å²) in [4.78, 5) is 22.1. The minimum absolute atomic E-state index is 0.0763. The van der Waals surface area contributed by atoms with Gasteiger partial charge in [0.05, 0.1) is 12.9 Å². The highest BCUT2D eigenvalue weighted by Crippen LogP contribution is 2.11. The lowest BCUT2D eigenvalue weighted by Gasteiger charge is -2.14. The first-order chi connectivity index (χ1) is 10.4. The van der Waals surface area contributed by atoms with Crippen molar-refractivity contribution in [1.29, 1.82) is 0 Å². The fourth-order valence-electron chi connectivity index (χ4n) is 1.37. The fraction of sp³-hybridized carbons (Fsp3) is 0.214. The van der Waals surface area contributed by atoms with Crippen molar-refractivity contribution >= 4 is 11.9 Å². The second kappa shape index (κ2) is 8.53. The highest BCUT2D eigenvalue weighted by atomic mass is 19.1. The zero-order valence-electron chi connectivity index (χ0n) is 11.7. The zero-order chi connectivity index (χ0) is 16.5. The molecule has 0 aliphatic rings. The van der Waals surface area contributed by atoms with E-state index in [-0.39, 0.29) is 12.0 Å². The van der Waals surface area contributed by atoms with E-state index in [0.29, 0.717) is 6.61 Å². The third-order valence-electron chi connectivity index (χ3n) is 2.53. The number of carboxylic acid groups (broad SMARTS) is 2. The Morgan fingerprint density at radius 3 is 2.32 bits per heavy atom. The van der Waals surface area contributed by atoms with Crippen LogP contribution < -0.4 is 0 Å². The SMILES string of the molecule is CC(OCc1ccc(F)cc1)n1ccnc1.O=C(O)C(=O)O. The molecule has 8 heteroatoms. The minimum atomic E-state index is -1.82. The third kappa shape index (κ3) is 6.14. The van der Waals surface area contributed by atoms with Gasteiger partial charge in [-0.3, -0.25) is 0 Å². The predicted molar refractivity (Wildman–Crippen MR) is 73.4 cm³/mol. The Balaban J connectivity index is 0.000000346. The van der Waals surface area contributed by atoms with Gasteiger partial charge in [-0.15, -0.1) is 0 Å². The van der Waals surface area contributed by atoms with Gasteiger partial charge in [-0.05, 0) is 24.6 Å². The molecule has 22 heavy (non-hydrogen) atoms. The number of hydrogen-bond donors (Lipinski definition) is 2. The number of ether oxygens (including phenoxy) is 1. The van der Waals surface area contributed by atoms with Crippen molar-refractivity contribution in [2.45, 2.75) is 19.8 Å². The summed E-state index contributed by atoms with van der Waals surface area (Å²) in [6.45, 7) is 2.39. The van der Waals surface area contributed by atoms with Crippen LogP contribution in [0.2, 0.25) is 0 Å². The van der Waals surface area contributed by atoms with Gasteiger partial charge in [-0.2, -0.15) is 0 Å². The van der Waals surface area contributed by atoms with Gasteiger partial charge in [0.15, 0.2) is 0 Å². The lowest BCUT2D eigenvalue weighted by Crippen LogP contribution is -2.09. The second-order valence-electron chi connectivity index (χ2n) is 4.16. The third-order valence-corrected chi connectivity index (χ3v) is 2.53. The largest absolute Gasteiger partial charge is 0.473 e. The van der Waals surface area contributed by atoms with E-state index in [0.717, 1.165) is 5.56 Å². The molecule has 0 bridgehead atoms. The minimum Gasteiger partial charge on any atom is -0.473 e. The molecule has 0 aliphatic heterocycles. The van der Waals surface area contributed by atoms with E-state index >= 15 is 0 Å². The number of imidazole rings is 1. The maximum absolute atomic E-state index is 12.7. The normalized spacial score (nSPS) is 11.2. The number of carbonyl (C=O) groups is 2. The molecular weight excluding hydrogens is 295 g/mol. The topological polar surface area (TPSA) is 102 Å². The Kier molecular flexibility index (Phi) is 6.71. The van der Waals surface area contributed by atoms with Crippen LogP contribution in [0.1, 0.15) is 18.7 Å². The van der Waals surface area contributed by atoms with Crippen LogP contribution in [0.3, 0.4) is 0 Å². The van der Waals surface area contributed by atoms with Crippen molar-refractivity contribution in [2.75, 3.05) is 0 Å². The van der Waals surface area contributed by atoms with Gasteiger partial charge in [0.1, 0.15) is 12.0 Å². The summed E-state index contributed by atoms with van der Waals surface area (Å²) in [5.41, 5.74) is 0.952. The van der Waals surface area contributed by atoms with Gasteiger partial charge in [0.2, 0.25) is 0 Å². The number of hydrogen-bond acceptors (Lipinski definition) is 4. The molecule has 0 amide bonds. The second-order valence-corrected chi connectivity index (χ2v) is 4.16. The molecule has 0 radical (unpaired) electrons. The fourth-order valence-corrected chi connectivity index (χ4v) is 1.37. The molecule has 0 spiro atoms. The Bertz CT molecular complexity index is 586. The lowest BCUT2D eigenvalue weighted by atomic mass is 10.2. The first-order valence-corrected chi connectivity index (χ1v) is 6.20. The van der Waals surface area contributed by atoms with Gasteiger partial charge in [0.25, 0.3) is 0 Å². The van der Waals surface area contributed by atoms with E-state index in [1.807, 2.05) is 17.7 Å². The van der Waals surface area contributed by atoms with Crippen LogP contribution in [0.25, 0.3) is 0 Å². The van der Waals surface area contributed by atoms with Gasteiger partial charge in [-0.25, -0.2) is 19.0 Å². The Morgan fingerprint density at radius 1 is 1.27 bits per heavy atom. The maximum atomic E-state index is 12.7. The quantitative estimate of drug-likeness (QED) is 0.836. The molecule has 118 valence electrons. The van der Waals surface area contributed by atoms with Crippen molar-refractivity contribution in [1.82, 2.24) is 9.55 Å². The van der Waals surface area contributed by atoms with Crippen molar-refractivity contribution in [3.63, 3.8) is 0 Å². The summed E-state index contributed by atoms with van der Waals surface area (Å²) in [6, 6.07) is 6.30. The number of nitrogens with zero attached hydrogens (tertiary/aromatic N) is 2. The molecule has 1 aromatic heterocycles. The summed E-state index contributed by atoms with van der Waals surface area (Å²) in [5, 5.41) is 14.8. The summed E-state index contributed by atoms with van der Waals surface area (Å²) in [6.07, 6.45) is 5.18. The van der Waals surface area contributed by atoms with Crippen molar-refractivity contribution in [3.8, 4) is 0 Å². The van der Waals surface area contributed by atoms with Crippen LogP contribution in [-0.2, 0) is 20.9 Å². The van der Waals surface area contributed by atoms with E-state index < -0.39 is 11.9 Å². The zero-order valence-corrected chi connectivity index (χ0v) is 11.7. The van der Waals surface area contributed by atoms with Gasteiger partial charge < -0.3 is 19.5 Å². The number of rotatable bonds is 4. The molecule has 1 heterocycles. The Morgan fingerprint density at radius 2 is 1.86 bits per heavy atom. The molecule has 1 atom stereocenters. The molecule has 1 aromatic carbocycles. The summed E-state index contributed by atoms with van der Waals surface area (Å²) in [5.74, 6) is -3.88. The molecule has 0 aliphatic carbocycles. The van der Waals surface area contributed by atoms with Crippen molar-refractivity contribution in [3.05, 3.63) is 54.4 Å². The molecule has 1 unspecified atom stereocenters. The van der Waals surface area contributed by atoms with Crippen molar-refractivity contribution in [2.24, 2.45) is 0 Å². The Hall–Kier alpha value is -2.74. The first kappa shape index (κ1) is 17.3. The lowest BCUT2D eigenvalue weighted by molar-refractivity contribution is -0.159. The molecule has 7 nitrogen and oxygen atoms in total. The highest BCUT2D eigenvalue weighted by Gasteiger charge is 2.04. The molecule has 0 saturated carbocycles. The average Bonchev–Trinajstić information content (AvgIpc) is 3.01. The summed E-state index contributed by atoms with van der Waals surface area (Å²) < 4.78 is 20.1. The van der Waals surface area contributed by atoms with Crippen LogP contribution in [0.5, 0.6) is 0 Å². The molecule has 2 rings (SSSR count). The van der Waals surface area contributed by atoms with E-state index in [1.165, 1.54) is 12.1 Å². The molecular formula is C14H15FN2O5. The van der Waals surface area contributed by atoms with Crippen LogP contribution in [0.4, 0.5) is 4.39 Å². The highest BCUT2D eigenvalue weighted by molar-refractivity contribution is 6.27. The van der Waals surface area contributed by atoms with Gasteiger partial charge in [0, 0.05) is 12.4 Å². The van der Waals surface area contributed by atoms with Crippen molar-refractivity contribution < 1.29 is 28.9 Å². The number of halogens is 1. The summed E-state index contributed by atoms with van der Waals surface area (Å²) >= 11 is 0. The Labute approximate surface area is 125 Å². The number of aliphatic carboxylic acids is 2. The van der Waals surface area contributed by atoms with Crippen LogP contribution in [0.15, 0.2) is 43.0 Å². The van der Waals surface area contributed by atoms with E-state index in [9.17, 15) is 4.39 Å². The van der Waals surface area contributed by atoms with Crippen LogP contribution in [-0.4, -0.2) is 31.7 Å². The van der Waals surface area contributed by atoms with E-state index in [2.05, 4.69) is 4.98 Å². The average molecular weight is 310 g/mol. The number of carboxylic acids is 2. The van der Waals surface area contributed by atoms with Crippen LogP contribution >= 0.6 is 0 Å². The van der Waals surface area contributed by atoms with E-state index in [4.69, 9.17) is 24.5 Å². The molecule has 0 saturated heterocycles. The van der Waals surface area contributed by atoms with Gasteiger partial charge in [-0.1, -0.05) is 12.1 Å². The number of benzene rings is 1. The predicted octanol–water partition coefficient (Wildman–Crippen LogP) is 1.91. The van der Waals surface area contributed by atoms with Crippen LogP contribution in [0, 0.1) is 5.82 Å². The van der Waals surface area contributed by atoms with Gasteiger partial charge >= 0.3 is 11.9 Å². The summed E-state index contributed by atoms with van der Waals surface area (Å²) in [7, 11) is 0. The molecule has 2 N–H and O–H groups in total. The number of aromatic nitrogens is 2. The maximum Gasteiger partial charge on any atom is 0.414 e. The smallest absolute Gasteiger partial charge is 0.414 e. The molecule has 2 aromatic rings. The van der Waals surface area contributed by atoms with E-state index in [1.54, 1.807) is 24.7 Å².